The van der Waals surface area contributed by atoms with Gasteiger partial charge in [-0.3, -0.25) is 0 Å². The molecule has 1 aliphatic rings. The summed E-state index contributed by atoms with van der Waals surface area (Å²) in [6.07, 6.45) is 2.97. The van der Waals surface area contributed by atoms with Crippen molar-refractivity contribution in [1.82, 2.24) is 0 Å². The lowest BCUT2D eigenvalue weighted by atomic mass is 10.1. The van der Waals surface area contributed by atoms with Gasteiger partial charge in [0.15, 0.2) is 0 Å². The number of nitrogens with zero attached hydrogens (tertiary/aromatic N) is 1. The molecule has 0 fully saturated rings. The molecule has 0 aliphatic carbocycles. The zero-order chi connectivity index (χ0) is 13.9. The van der Waals surface area contributed by atoms with Gasteiger partial charge in [0.2, 0.25) is 0 Å². The summed E-state index contributed by atoms with van der Waals surface area (Å²) in [5, 5.41) is 0. The van der Waals surface area contributed by atoms with Gasteiger partial charge in [0.25, 0.3) is 10.0 Å². The first-order valence-corrected chi connectivity index (χ1v) is 8.86. The van der Waals surface area contributed by atoms with Gasteiger partial charge in [-0.2, -0.15) is 11.8 Å². The van der Waals surface area contributed by atoms with Crippen molar-refractivity contribution in [3.05, 3.63) is 29.3 Å². The molecule has 0 saturated heterocycles. The minimum absolute atomic E-state index is 0.0155. The molecule has 1 aromatic rings. The highest BCUT2D eigenvalue weighted by Gasteiger charge is 2.24. The Bertz CT molecular complexity index is 597. The number of hydrogen-bond acceptors (Lipinski definition) is 5. The fraction of sp³-hybridized carbons (Fsp3) is 0.417. The molecule has 0 radical (unpaired) electrons. The number of benzene rings is 1. The van der Waals surface area contributed by atoms with Crippen LogP contribution >= 0.6 is 11.8 Å². The number of sulfonamides is 1. The molecule has 2 N–H and O–H groups in total. The van der Waals surface area contributed by atoms with Crippen LogP contribution in [0.5, 0.6) is 5.75 Å². The number of ether oxygens (including phenoxy) is 1. The molecule has 0 amide bonds. The van der Waals surface area contributed by atoms with E-state index >= 15 is 0 Å². The van der Waals surface area contributed by atoms with Gasteiger partial charge < -0.3 is 10.5 Å². The average Bonchev–Trinajstić information content (AvgIpc) is 2.32. The molecule has 19 heavy (non-hydrogen) atoms. The van der Waals surface area contributed by atoms with Crippen LogP contribution in [0.2, 0.25) is 0 Å². The van der Waals surface area contributed by atoms with E-state index < -0.39 is 10.0 Å². The van der Waals surface area contributed by atoms with E-state index in [9.17, 15) is 8.42 Å². The Morgan fingerprint density at radius 2 is 2.26 bits per heavy atom. The van der Waals surface area contributed by atoms with Crippen LogP contribution in [0.15, 0.2) is 22.6 Å². The fourth-order valence-corrected chi connectivity index (χ4v) is 3.41. The quantitative estimate of drug-likeness (QED) is 0.831. The Morgan fingerprint density at radius 3 is 3.00 bits per heavy atom. The smallest absolute Gasteiger partial charge is 0.259 e. The second-order valence-corrected chi connectivity index (χ2v) is 6.81. The molecular formula is C12H16N2O3S2. The van der Waals surface area contributed by atoms with Gasteiger partial charge >= 0.3 is 0 Å². The summed E-state index contributed by atoms with van der Waals surface area (Å²) in [5.41, 5.74) is 7.00. The topological polar surface area (TPSA) is 81.8 Å². The first-order valence-electron chi connectivity index (χ1n) is 5.85. The van der Waals surface area contributed by atoms with Crippen LogP contribution in [-0.4, -0.2) is 32.9 Å². The third-order valence-electron chi connectivity index (χ3n) is 2.69. The highest BCUT2D eigenvalue weighted by Crippen LogP contribution is 2.28. The number of fused-ring (bicyclic) bond motifs is 1. The van der Waals surface area contributed by atoms with E-state index in [0.29, 0.717) is 23.5 Å². The number of rotatable bonds is 5. The third-order valence-corrected chi connectivity index (χ3v) is 4.54. The second-order valence-electron chi connectivity index (χ2n) is 4.19. The van der Waals surface area contributed by atoms with Crippen molar-refractivity contribution in [2.75, 3.05) is 18.6 Å². The predicted octanol–water partition coefficient (Wildman–Crippen LogP) is 1.37. The largest absolute Gasteiger partial charge is 0.493 e. The van der Waals surface area contributed by atoms with E-state index in [4.69, 9.17) is 10.5 Å². The van der Waals surface area contributed by atoms with E-state index in [1.165, 1.54) is 0 Å². The SMILES string of the molecule is CSCCCOc1cccc2c1C(N)=NS(=O)(=O)C2. The lowest BCUT2D eigenvalue weighted by Gasteiger charge is -2.18. The first-order chi connectivity index (χ1) is 9.03. The second kappa shape index (κ2) is 5.83. The molecule has 7 heteroatoms. The molecule has 0 bridgehead atoms. The molecule has 104 valence electrons. The monoisotopic (exact) mass is 300 g/mol. The maximum absolute atomic E-state index is 11.5. The van der Waals surface area contributed by atoms with Crippen LogP contribution < -0.4 is 10.5 Å². The molecule has 0 spiro atoms. The van der Waals surface area contributed by atoms with Crippen LogP contribution in [0.25, 0.3) is 0 Å². The minimum atomic E-state index is -3.49. The Labute approximate surface area is 117 Å². The molecule has 0 saturated carbocycles. The van der Waals surface area contributed by atoms with Crippen LogP contribution in [-0.2, 0) is 15.8 Å². The molecule has 2 rings (SSSR count). The van der Waals surface area contributed by atoms with Crippen molar-refractivity contribution in [2.45, 2.75) is 12.2 Å². The van der Waals surface area contributed by atoms with E-state index in [-0.39, 0.29) is 11.6 Å². The summed E-state index contributed by atoms with van der Waals surface area (Å²) < 4.78 is 32.3. The van der Waals surface area contributed by atoms with E-state index in [1.807, 2.05) is 6.26 Å². The molecule has 1 aromatic carbocycles. The zero-order valence-electron chi connectivity index (χ0n) is 10.6. The van der Waals surface area contributed by atoms with Gasteiger partial charge in [-0.05, 0) is 30.1 Å². The van der Waals surface area contributed by atoms with Gasteiger partial charge in [0, 0.05) is 0 Å². The van der Waals surface area contributed by atoms with Crippen molar-refractivity contribution < 1.29 is 13.2 Å². The molecule has 0 aromatic heterocycles. The summed E-state index contributed by atoms with van der Waals surface area (Å²) in [5.74, 6) is 1.52. The number of nitrogens with two attached hydrogens (primary N) is 1. The molecule has 1 aliphatic heterocycles. The highest BCUT2D eigenvalue weighted by molar-refractivity contribution is 7.98. The zero-order valence-corrected chi connectivity index (χ0v) is 12.3. The maximum Gasteiger partial charge on any atom is 0.259 e. The van der Waals surface area contributed by atoms with Crippen LogP contribution in [0, 0.1) is 0 Å². The Hall–Kier alpha value is -1.21. The van der Waals surface area contributed by atoms with Gasteiger partial charge in [-0.25, -0.2) is 8.42 Å². The van der Waals surface area contributed by atoms with Crippen LogP contribution in [0.1, 0.15) is 17.5 Å². The molecule has 1 heterocycles. The van der Waals surface area contributed by atoms with Crippen molar-refractivity contribution in [3.63, 3.8) is 0 Å². The van der Waals surface area contributed by atoms with E-state index in [1.54, 1.807) is 30.0 Å². The Balaban J connectivity index is 2.24. The molecule has 0 atom stereocenters. The standard InChI is InChI=1S/C12H16N2O3S2/c1-18-7-3-6-17-10-5-2-4-9-8-19(15,16)14-12(13)11(9)10/h2,4-5H,3,6-8H2,1H3,(H2,13,14). The van der Waals surface area contributed by atoms with Crippen molar-refractivity contribution in [3.8, 4) is 5.75 Å². The van der Waals surface area contributed by atoms with Crippen LogP contribution in [0.4, 0.5) is 0 Å². The summed E-state index contributed by atoms with van der Waals surface area (Å²) in [7, 11) is -3.49. The lowest BCUT2D eigenvalue weighted by molar-refractivity contribution is 0.318. The predicted molar refractivity (Wildman–Crippen MR) is 78.3 cm³/mol. The molecule has 5 nitrogen and oxygen atoms in total. The summed E-state index contributed by atoms with van der Waals surface area (Å²) in [6.45, 7) is 0.581. The minimum Gasteiger partial charge on any atom is -0.493 e. The van der Waals surface area contributed by atoms with Crippen molar-refractivity contribution in [1.29, 1.82) is 0 Å². The maximum atomic E-state index is 11.5. The third kappa shape index (κ3) is 3.42. The number of amidine groups is 1. The van der Waals surface area contributed by atoms with E-state index in [2.05, 4.69) is 4.40 Å². The lowest BCUT2D eigenvalue weighted by Crippen LogP contribution is -2.24. The van der Waals surface area contributed by atoms with Gasteiger partial charge in [-0.15, -0.1) is 4.40 Å². The van der Waals surface area contributed by atoms with Gasteiger partial charge in [0.05, 0.1) is 17.9 Å². The number of hydrogen-bond donors (Lipinski definition) is 1. The van der Waals surface area contributed by atoms with Crippen molar-refractivity contribution >= 4 is 27.6 Å². The summed E-state index contributed by atoms with van der Waals surface area (Å²) in [4.78, 5) is 0. The Kier molecular flexibility index (Phi) is 4.36. The average molecular weight is 300 g/mol. The first kappa shape index (κ1) is 14.2. The van der Waals surface area contributed by atoms with Crippen molar-refractivity contribution in [2.24, 2.45) is 10.1 Å². The van der Waals surface area contributed by atoms with E-state index in [0.717, 1.165) is 12.2 Å². The summed E-state index contributed by atoms with van der Waals surface area (Å²) in [6, 6.07) is 5.30. The van der Waals surface area contributed by atoms with Crippen LogP contribution in [0.3, 0.4) is 0 Å². The van der Waals surface area contributed by atoms with Gasteiger partial charge in [-0.1, -0.05) is 12.1 Å². The fourth-order valence-electron chi connectivity index (χ4n) is 1.92. The van der Waals surface area contributed by atoms with Gasteiger partial charge in [0.1, 0.15) is 11.6 Å². The number of thioether (sulfide) groups is 1. The Morgan fingerprint density at radius 1 is 1.47 bits per heavy atom. The molecular weight excluding hydrogens is 284 g/mol. The highest BCUT2D eigenvalue weighted by atomic mass is 32.2. The summed E-state index contributed by atoms with van der Waals surface area (Å²) >= 11 is 1.76. The molecule has 0 unspecified atom stereocenters. The normalized spacial score (nSPS) is 16.6.